The van der Waals surface area contributed by atoms with E-state index in [1.165, 1.54) is 24.3 Å². The summed E-state index contributed by atoms with van der Waals surface area (Å²) in [5, 5.41) is 9.94. The average Bonchev–Trinajstić information content (AvgIpc) is 2.65. The van der Waals surface area contributed by atoms with Gasteiger partial charge in [0.05, 0.1) is 6.10 Å². The molecule has 2 rings (SSSR count). The fourth-order valence-electron chi connectivity index (χ4n) is 2.07. The highest BCUT2D eigenvalue weighted by Crippen LogP contribution is 2.32. The molecule has 15 heavy (non-hydrogen) atoms. The smallest absolute Gasteiger partial charge is 0.138 e. The molecule has 2 nitrogen and oxygen atoms in total. The van der Waals surface area contributed by atoms with E-state index in [1.807, 2.05) is 0 Å². The number of carbonyl (C=O) groups is 1. The van der Waals surface area contributed by atoms with Gasteiger partial charge in [-0.3, -0.25) is 4.79 Å². The summed E-state index contributed by atoms with van der Waals surface area (Å²) in [4.78, 5) is 11.4. The number of hydrogen-bond acceptors (Lipinski definition) is 2. The number of benzene rings is 1. The van der Waals surface area contributed by atoms with E-state index in [0.29, 0.717) is 12.0 Å². The molecule has 0 saturated heterocycles. The van der Waals surface area contributed by atoms with E-state index in [9.17, 15) is 14.3 Å². The van der Waals surface area contributed by atoms with Crippen molar-refractivity contribution in [1.29, 1.82) is 0 Å². The fourth-order valence-corrected chi connectivity index (χ4v) is 2.07. The van der Waals surface area contributed by atoms with Crippen LogP contribution in [0.4, 0.5) is 4.39 Å². The van der Waals surface area contributed by atoms with E-state index < -0.39 is 6.10 Å². The zero-order valence-electron chi connectivity index (χ0n) is 8.32. The maximum absolute atomic E-state index is 12.7. The molecule has 80 valence electrons. The molecule has 1 aliphatic rings. The van der Waals surface area contributed by atoms with E-state index in [4.69, 9.17) is 0 Å². The summed E-state index contributed by atoms with van der Waals surface area (Å²) >= 11 is 0. The zero-order valence-corrected chi connectivity index (χ0v) is 8.32. The normalized spacial score (nSPS) is 23.1. The minimum Gasteiger partial charge on any atom is -0.388 e. The minimum absolute atomic E-state index is 0.117. The molecule has 1 aliphatic carbocycles. The maximum atomic E-state index is 12.7. The average molecular weight is 208 g/mol. The Labute approximate surface area is 87.7 Å². The van der Waals surface area contributed by atoms with Crippen LogP contribution in [0.1, 0.15) is 30.9 Å². The predicted octanol–water partition coefficient (Wildman–Crippen LogP) is 2.23. The van der Waals surface area contributed by atoms with E-state index in [0.717, 1.165) is 12.8 Å². The fraction of sp³-hybridized carbons (Fsp3) is 0.417. The molecule has 3 heteroatoms. The number of rotatable bonds is 2. The number of carbonyl (C=O) groups excluding carboxylic acids is 1. The van der Waals surface area contributed by atoms with Crippen molar-refractivity contribution >= 4 is 5.78 Å². The first-order valence-corrected chi connectivity index (χ1v) is 5.15. The van der Waals surface area contributed by atoms with Gasteiger partial charge >= 0.3 is 0 Å². The van der Waals surface area contributed by atoms with Crippen LogP contribution in [0.3, 0.4) is 0 Å². The summed E-state index contributed by atoms with van der Waals surface area (Å²) in [7, 11) is 0. The Balaban J connectivity index is 2.16. The summed E-state index contributed by atoms with van der Waals surface area (Å²) in [5.41, 5.74) is 0.622. The molecule has 0 unspecified atom stereocenters. The lowest BCUT2D eigenvalue weighted by molar-refractivity contribution is -0.123. The van der Waals surface area contributed by atoms with Crippen molar-refractivity contribution in [3.63, 3.8) is 0 Å². The van der Waals surface area contributed by atoms with Crippen LogP contribution >= 0.6 is 0 Å². The summed E-state index contributed by atoms with van der Waals surface area (Å²) in [6.45, 7) is 0. The Kier molecular flexibility index (Phi) is 2.82. The third-order valence-electron chi connectivity index (χ3n) is 2.94. The highest BCUT2D eigenvalue weighted by atomic mass is 19.1. The molecule has 1 N–H and O–H groups in total. The van der Waals surface area contributed by atoms with Crippen molar-refractivity contribution in [3.05, 3.63) is 35.6 Å². The molecular weight excluding hydrogens is 195 g/mol. The van der Waals surface area contributed by atoms with Crippen LogP contribution in [0.15, 0.2) is 24.3 Å². The third-order valence-corrected chi connectivity index (χ3v) is 2.94. The van der Waals surface area contributed by atoms with Crippen molar-refractivity contribution < 1.29 is 14.3 Å². The van der Waals surface area contributed by atoms with E-state index >= 15 is 0 Å². The Hall–Kier alpha value is -1.22. The highest BCUT2D eigenvalue weighted by Gasteiger charge is 2.31. The third kappa shape index (κ3) is 2.07. The first kappa shape index (κ1) is 10.3. The van der Waals surface area contributed by atoms with Crippen LogP contribution < -0.4 is 0 Å². The number of hydrogen-bond donors (Lipinski definition) is 1. The molecule has 1 aromatic carbocycles. The Morgan fingerprint density at radius 3 is 2.53 bits per heavy atom. The molecule has 0 spiro atoms. The van der Waals surface area contributed by atoms with Crippen LogP contribution in [0.5, 0.6) is 0 Å². The quantitative estimate of drug-likeness (QED) is 0.809. The van der Waals surface area contributed by atoms with Crippen LogP contribution in [-0.4, -0.2) is 10.9 Å². The first-order chi connectivity index (χ1) is 7.18. The molecule has 0 bridgehead atoms. The van der Waals surface area contributed by atoms with Crippen LogP contribution in [0.25, 0.3) is 0 Å². The van der Waals surface area contributed by atoms with Crippen LogP contribution in [-0.2, 0) is 4.79 Å². The Bertz CT molecular complexity index is 358. The van der Waals surface area contributed by atoms with Gasteiger partial charge in [-0.25, -0.2) is 4.39 Å². The van der Waals surface area contributed by atoms with Crippen molar-refractivity contribution in [2.75, 3.05) is 0 Å². The SMILES string of the molecule is O=C1CCC[C@@H]1[C@@H](O)c1ccc(F)cc1. The van der Waals surface area contributed by atoms with Gasteiger partial charge in [0, 0.05) is 12.3 Å². The predicted molar refractivity (Wildman–Crippen MR) is 53.7 cm³/mol. The second kappa shape index (κ2) is 4.11. The van der Waals surface area contributed by atoms with Gasteiger partial charge in [0.1, 0.15) is 11.6 Å². The summed E-state index contributed by atoms with van der Waals surface area (Å²) in [6.07, 6.45) is 1.36. The van der Waals surface area contributed by atoms with Gasteiger partial charge in [-0.15, -0.1) is 0 Å². The number of aliphatic hydroxyl groups excluding tert-OH is 1. The van der Waals surface area contributed by atoms with E-state index in [1.54, 1.807) is 0 Å². The standard InChI is InChI=1S/C12H13FO2/c13-9-6-4-8(5-7-9)12(15)10-2-1-3-11(10)14/h4-7,10,12,15H,1-3H2/t10-,12-/m0/s1. The van der Waals surface area contributed by atoms with E-state index in [2.05, 4.69) is 0 Å². The topological polar surface area (TPSA) is 37.3 Å². The first-order valence-electron chi connectivity index (χ1n) is 5.15. The van der Waals surface area contributed by atoms with Gasteiger partial charge in [-0.05, 0) is 30.5 Å². The largest absolute Gasteiger partial charge is 0.388 e. The lowest BCUT2D eigenvalue weighted by Gasteiger charge is -2.16. The highest BCUT2D eigenvalue weighted by molar-refractivity contribution is 5.83. The van der Waals surface area contributed by atoms with Crippen molar-refractivity contribution in [3.8, 4) is 0 Å². The van der Waals surface area contributed by atoms with Crippen molar-refractivity contribution in [2.45, 2.75) is 25.4 Å². The monoisotopic (exact) mass is 208 g/mol. The van der Waals surface area contributed by atoms with Crippen LogP contribution in [0, 0.1) is 11.7 Å². The molecular formula is C12H13FO2. The molecule has 0 aromatic heterocycles. The van der Waals surface area contributed by atoms with Crippen LogP contribution in [0.2, 0.25) is 0 Å². The number of halogens is 1. The van der Waals surface area contributed by atoms with Gasteiger partial charge < -0.3 is 5.11 Å². The Morgan fingerprint density at radius 1 is 1.33 bits per heavy atom. The molecule has 0 amide bonds. The molecule has 1 saturated carbocycles. The Morgan fingerprint density at radius 2 is 2.00 bits per heavy atom. The molecule has 0 heterocycles. The maximum Gasteiger partial charge on any atom is 0.138 e. The summed E-state index contributed by atoms with van der Waals surface area (Å²) in [5.74, 6) is -0.508. The summed E-state index contributed by atoms with van der Waals surface area (Å²) < 4.78 is 12.7. The van der Waals surface area contributed by atoms with Crippen molar-refractivity contribution in [1.82, 2.24) is 0 Å². The summed E-state index contributed by atoms with van der Waals surface area (Å²) in [6, 6.07) is 5.67. The number of ketones is 1. The molecule has 1 fully saturated rings. The van der Waals surface area contributed by atoms with Crippen molar-refractivity contribution in [2.24, 2.45) is 5.92 Å². The molecule has 2 atom stereocenters. The van der Waals surface area contributed by atoms with Gasteiger partial charge in [0.25, 0.3) is 0 Å². The van der Waals surface area contributed by atoms with E-state index in [-0.39, 0.29) is 17.5 Å². The number of aliphatic hydroxyl groups is 1. The second-order valence-corrected chi connectivity index (χ2v) is 3.96. The van der Waals surface area contributed by atoms with Gasteiger partial charge in [-0.1, -0.05) is 12.1 Å². The minimum atomic E-state index is -0.777. The zero-order chi connectivity index (χ0) is 10.8. The molecule has 1 aromatic rings. The molecule has 0 aliphatic heterocycles. The lowest BCUT2D eigenvalue weighted by Crippen LogP contribution is -2.16. The lowest BCUT2D eigenvalue weighted by atomic mass is 9.94. The molecule has 0 radical (unpaired) electrons. The second-order valence-electron chi connectivity index (χ2n) is 3.96. The van der Waals surface area contributed by atoms with Gasteiger partial charge in [-0.2, -0.15) is 0 Å². The van der Waals surface area contributed by atoms with Gasteiger partial charge in [0.15, 0.2) is 0 Å². The van der Waals surface area contributed by atoms with Gasteiger partial charge in [0.2, 0.25) is 0 Å². The number of Topliss-reactive ketones (excluding diaryl/α,β-unsaturated/α-hetero) is 1.